The van der Waals surface area contributed by atoms with Crippen molar-refractivity contribution in [2.24, 2.45) is 7.05 Å². The molecule has 1 aromatic heterocycles. The molecule has 1 atom stereocenters. The van der Waals surface area contributed by atoms with Gasteiger partial charge >= 0.3 is 6.18 Å². The summed E-state index contributed by atoms with van der Waals surface area (Å²) in [5.41, 5.74) is 1.24. The minimum atomic E-state index is -4.65. The summed E-state index contributed by atoms with van der Waals surface area (Å²) < 4.78 is 79.9. The van der Waals surface area contributed by atoms with Gasteiger partial charge in [-0.25, -0.2) is 17.8 Å². The Morgan fingerprint density at radius 2 is 1.93 bits per heavy atom. The largest absolute Gasteiger partial charge is 0.416 e. The first kappa shape index (κ1) is 20.8. The van der Waals surface area contributed by atoms with E-state index in [4.69, 9.17) is 0 Å². The van der Waals surface area contributed by atoms with Crippen molar-refractivity contribution in [1.29, 1.82) is 0 Å². The molecule has 1 saturated heterocycles. The molecule has 0 amide bonds. The molecule has 0 radical (unpaired) electrons. The number of alkyl halides is 3. The highest BCUT2D eigenvalue weighted by atomic mass is 32.2. The SMILES string of the molecule is Cn1cnc2ccc(C3CN(Cc4cc(F)cc(C(F)(F)F)c4)CCS3(=O)=O)cc21. The molecule has 1 aliphatic rings. The summed E-state index contributed by atoms with van der Waals surface area (Å²) in [5, 5.41) is -0.818. The summed E-state index contributed by atoms with van der Waals surface area (Å²) in [7, 11) is -1.62. The van der Waals surface area contributed by atoms with Crippen LogP contribution in [0.25, 0.3) is 11.0 Å². The Morgan fingerprint density at radius 3 is 2.67 bits per heavy atom. The maximum atomic E-state index is 13.7. The fraction of sp³-hybridized carbons (Fsp3) is 0.350. The first-order valence-electron chi connectivity index (χ1n) is 9.24. The summed E-state index contributed by atoms with van der Waals surface area (Å²) in [5.74, 6) is -1.09. The number of fused-ring (bicyclic) bond motifs is 1. The first-order valence-corrected chi connectivity index (χ1v) is 11.0. The van der Waals surface area contributed by atoms with Crippen LogP contribution in [-0.2, 0) is 29.6 Å². The fourth-order valence-corrected chi connectivity index (χ4v) is 5.60. The predicted molar refractivity (Wildman–Crippen MR) is 104 cm³/mol. The molecule has 3 aromatic rings. The number of hydrogen-bond acceptors (Lipinski definition) is 4. The van der Waals surface area contributed by atoms with Gasteiger partial charge < -0.3 is 4.57 Å². The van der Waals surface area contributed by atoms with E-state index in [2.05, 4.69) is 4.98 Å². The van der Waals surface area contributed by atoms with Crippen LogP contribution in [-0.4, -0.2) is 41.7 Å². The summed E-state index contributed by atoms with van der Waals surface area (Å²) in [6.45, 7) is 0.315. The normalized spacial score (nSPS) is 20.0. The van der Waals surface area contributed by atoms with E-state index < -0.39 is 32.6 Å². The zero-order valence-electron chi connectivity index (χ0n) is 16.0. The average Bonchev–Trinajstić information content (AvgIpc) is 3.02. The van der Waals surface area contributed by atoms with Gasteiger partial charge in [-0.1, -0.05) is 6.07 Å². The lowest BCUT2D eigenvalue weighted by atomic mass is 10.1. The Labute approximate surface area is 170 Å². The summed E-state index contributed by atoms with van der Waals surface area (Å²) >= 11 is 0. The van der Waals surface area contributed by atoms with Crippen LogP contribution in [0, 0.1) is 5.82 Å². The van der Waals surface area contributed by atoms with Crippen molar-refractivity contribution in [1.82, 2.24) is 14.5 Å². The van der Waals surface area contributed by atoms with Gasteiger partial charge in [0, 0.05) is 26.7 Å². The van der Waals surface area contributed by atoms with E-state index in [-0.39, 0.29) is 31.0 Å². The maximum Gasteiger partial charge on any atom is 0.416 e. The topological polar surface area (TPSA) is 55.2 Å². The third kappa shape index (κ3) is 4.06. The molecule has 0 saturated carbocycles. The molecule has 1 unspecified atom stereocenters. The first-order chi connectivity index (χ1) is 14.0. The lowest BCUT2D eigenvalue weighted by molar-refractivity contribution is -0.137. The zero-order chi connectivity index (χ0) is 21.7. The minimum Gasteiger partial charge on any atom is -0.334 e. The quantitative estimate of drug-likeness (QED) is 0.582. The summed E-state index contributed by atoms with van der Waals surface area (Å²) in [6.07, 6.45) is -3.01. The van der Waals surface area contributed by atoms with Crippen LogP contribution in [0.3, 0.4) is 0 Å². The molecule has 10 heteroatoms. The van der Waals surface area contributed by atoms with Gasteiger partial charge in [-0.15, -0.1) is 0 Å². The number of benzene rings is 2. The predicted octanol–water partition coefficient (Wildman–Crippen LogP) is 3.70. The molecule has 1 aliphatic heterocycles. The van der Waals surface area contributed by atoms with Crippen LogP contribution in [0.2, 0.25) is 0 Å². The monoisotopic (exact) mass is 441 g/mol. The van der Waals surface area contributed by atoms with Crippen molar-refractivity contribution >= 4 is 20.9 Å². The molecule has 2 aromatic carbocycles. The Morgan fingerprint density at radius 1 is 1.17 bits per heavy atom. The van der Waals surface area contributed by atoms with Gasteiger partial charge in [0.05, 0.1) is 33.9 Å². The Bertz CT molecular complexity index is 1200. The number of nitrogens with zero attached hydrogens (tertiary/aromatic N) is 3. The Hall–Kier alpha value is -2.46. The smallest absolute Gasteiger partial charge is 0.334 e. The van der Waals surface area contributed by atoms with Gasteiger partial charge in [-0.05, 0) is 41.5 Å². The molecule has 0 N–H and O–H groups in total. The molecule has 2 heterocycles. The molecule has 0 aliphatic carbocycles. The van der Waals surface area contributed by atoms with Crippen LogP contribution in [0.15, 0.2) is 42.7 Å². The second kappa shape index (κ2) is 7.35. The molecule has 5 nitrogen and oxygen atoms in total. The average molecular weight is 441 g/mol. The molecule has 30 heavy (non-hydrogen) atoms. The third-order valence-corrected chi connectivity index (χ3v) is 7.40. The Balaban J connectivity index is 1.61. The molecule has 0 spiro atoms. The van der Waals surface area contributed by atoms with Crippen LogP contribution >= 0.6 is 0 Å². The van der Waals surface area contributed by atoms with E-state index >= 15 is 0 Å². The number of sulfone groups is 1. The second-order valence-corrected chi connectivity index (χ2v) is 9.84. The van der Waals surface area contributed by atoms with Gasteiger partial charge in [0.1, 0.15) is 5.82 Å². The molecule has 160 valence electrons. The van der Waals surface area contributed by atoms with Crippen molar-refractivity contribution in [2.75, 3.05) is 18.8 Å². The Kier molecular flexibility index (Phi) is 5.09. The lowest BCUT2D eigenvalue weighted by Crippen LogP contribution is -2.42. The van der Waals surface area contributed by atoms with Crippen molar-refractivity contribution in [3.05, 3.63) is 65.2 Å². The van der Waals surface area contributed by atoms with Crippen LogP contribution in [0.1, 0.15) is 21.9 Å². The van der Waals surface area contributed by atoms with Crippen molar-refractivity contribution in [3.63, 3.8) is 0 Å². The number of aryl methyl sites for hydroxylation is 1. The number of hydrogen-bond donors (Lipinski definition) is 0. The standard InChI is InChI=1S/C20H19F4N3O2S/c1-26-12-25-17-3-2-14(8-18(17)26)19-11-27(4-5-30(19,28)29)10-13-6-15(20(22,23)24)9-16(21)7-13/h2-3,6-9,12,19H,4-5,10-11H2,1H3. The fourth-order valence-electron chi connectivity index (χ4n) is 3.80. The summed E-state index contributed by atoms with van der Waals surface area (Å²) in [6, 6.07) is 7.65. The van der Waals surface area contributed by atoms with Gasteiger partial charge in [0.2, 0.25) is 0 Å². The van der Waals surface area contributed by atoms with E-state index in [1.54, 1.807) is 34.0 Å². The number of halogens is 4. The van der Waals surface area contributed by atoms with Gasteiger partial charge in [0.15, 0.2) is 9.84 Å². The summed E-state index contributed by atoms with van der Waals surface area (Å²) in [4.78, 5) is 5.97. The molecular formula is C20H19F4N3O2S. The highest BCUT2D eigenvalue weighted by Gasteiger charge is 2.35. The molecule has 4 rings (SSSR count). The van der Waals surface area contributed by atoms with E-state index in [1.807, 2.05) is 7.05 Å². The number of rotatable bonds is 3. The van der Waals surface area contributed by atoms with Gasteiger partial charge in [-0.2, -0.15) is 13.2 Å². The highest BCUT2D eigenvalue weighted by molar-refractivity contribution is 7.91. The molecule has 0 bridgehead atoms. The van der Waals surface area contributed by atoms with Crippen molar-refractivity contribution in [3.8, 4) is 0 Å². The van der Waals surface area contributed by atoms with Crippen LogP contribution in [0.5, 0.6) is 0 Å². The minimum absolute atomic E-state index is 0.0286. The van der Waals surface area contributed by atoms with Crippen molar-refractivity contribution in [2.45, 2.75) is 18.0 Å². The highest BCUT2D eigenvalue weighted by Crippen LogP contribution is 2.33. The second-order valence-electron chi connectivity index (χ2n) is 7.54. The number of imidazole rings is 1. The van der Waals surface area contributed by atoms with E-state index in [0.29, 0.717) is 11.6 Å². The van der Waals surface area contributed by atoms with Gasteiger partial charge in [0.25, 0.3) is 0 Å². The van der Waals surface area contributed by atoms with E-state index in [9.17, 15) is 26.0 Å². The zero-order valence-corrected chi connectivity index (χ0v) is 16.8. The maximum absolute atomic E-state index is 13.7. The van der Waals surface area contributed by atoms with E-state index in [0.717, 1.165) is 23.2 Å². The molecular weight excluding hydrogens is 422 g/mol. The van der Waals surface area contributed by atoms with Crippen molar-refractivity contribution < 1.29 is 26.0 Å². The van der Waals surface area contributed by atoms with E-state index in [1.165, 1.54) is 0 Å². The van der Waals surface area contributed by atoms with Crippen LogP contribution in [0.4, 0.5) is 17.6 Å². The third-order valence-electron chi connectivity index (χ3n) is 5.36. The van der Waals surface area contributed by atoms with Crippen LogP contribution < -0.4 is 0 Å². The molecule has 1 fully saturated rings. The lowest BCUT2D eigenvalue weighted by Gasteiger charge is -2.33. The van der Waals surface area contributed by atoms with Gasteiger partial charge in [-0.3, -0.25) is 4.90 Å². The number of aromatic nitrogens is 2.